The Hall–Kier alpha value is -1.22. The van der Waals surface area contributed by atoms with Gasteiger partial charge in [0.25, 0.3) is 0 Å². The first kappa shape index (κ1) is 10.9. The van der Waals surface area contributed by atoms with Crippen LogP contribution in [0.15, 0.2) is 49.1 Å². The number of nitrogens with zero attached hydrogens (tertiary/aromatic N) is 1. The molecule has 0 saturated carbocycles. The van der Waals surface area contributed by atoms with Gasteiger partial charge in [-0.1, -0.05) is 0 Å². The maximum absolute atomic E-state index is 3.01. The maximum atomic E-state index is 3.01. The summed E-state index contributed by atoms with van der Waals surface area (Å²) in [5.74, 6) is 0. The minimum Gasteiger partial charge on any atom is -1.00 e. The standard InChI is InChI=1S/C11H11N2.BrH/c1-13-8-4-11(5-9-13)10-2-6-12-7-3-10;/h2-9H,1H3;1H/q+1;. The molecular formula is C11H12BrN2+. The number of aromatic amines is 1. The molecule has 0 aliphatic heterocycles. The minimum absolute atomic E-state index is 0. The van der Waals surface area contributed by atoms with Gasteiger partial charge in [-0.05, 0) is 11.1 Å². The molecule has 72 valence electrons. The fraction of sp³-hybridized carbons (Fsp3) is 0.0909. The maximum Gasteiger partial charge on any atom is 0.169 e. The van der Waals surface area contributed by atoms with Crippen LogP contribution < -0.4 is 26.5 Å². The van der Waals surface area contributed by atoms with Crippen LogP contribution in [0.1, 0.15) is 0 Å². The molecule has 0 atom stereocenters. The van der Waals surface area contributed by atoms with E-state index in [-0.39, 0.29) is 17.0 Å². The molecule has 0 spiro atoms. The molecule has 0 saturated heterocycles. The van der Waals surface area contributed by atoms with Gasteiger partial charge in [0.05, 0.1) is 0 Å². The Balaban J connectivity index is 0.000000980. The molecule has 2 rings (SSSR count). The lowest BCUT2D eigenvalue weighted by atomic mass is 10.1. The monoisotopic (exact) mass is 251 g/mol. The van der Waals surface area contributed by atoms with Gasteiger partial charge in [0.1, 0.15) is 7.05 Å². The number of aromatic nitrogens is 2. The molecular weight excluding hydrogens is 240 g/mol. The predicted octanol–water partition coefficient (Wildman–Crippen LogP) is -2.00. The van der Waals surface area contributed by atoms with Crippen molar-refractivity contribution in [3.63, 3.8) is 0 Å². The van der Waals surface area contributed by atoms with Crippen LogP contribution >= 0.6 is 0 Å². The first-order chi connectivity index (χ1) is 6.36. The summed E-state index contributed by atoms with van der Waals surface area (Å²) >= 11 is 0. The number of pyridine rings is 2. The molecule has 0 radical (unpaired) electrons. The summed E-state index contributed by atoms with van der Waals surface area (Å²) in [6.45, 7) is 0. The van der Waals surface area contributed by atoms with Crippen LogP contribution in [0.5, 0.6) is 0 Å². The molecule has 0 aromatic carbocycles. The van der Waals surface area contributed by atoms with Crippen molar-refractivity contribution >= 4 is 0 Å². The Labute approximate surface area is 94.0 Å². The molecule has 0 aliphatic rings. The number of hydrogen-bond donors (Lipinski definition) is 0. The highest BCUT2D eigenvalue weighted by Crippen LogP contribution is 2.14. The number of rotatable bonds is 1. The van der Waals surface area contributed by atoms with Gasteiger partial charge >= 0.3 is 0 Å². The third kappa shape index (κ3) is 2.39. The van der Waals surface area contributed by atoms with E-state index in [4.69, 9.17) is 0 Å². The molecule has 0 aliphatic carbocycles. The number of H-pyrrole nitrogens is 1. The summed E-state index contributed by atoms with van der Waals surface area (Å²) < 4.78 is 2.03. The van der Waals surface area contributed by atoms with Gasteiger partial charge in [0.15, 0.2) is 24.8 Å². The Morgan fingerprint density at radius 1 is 0.929 bits per heavy atom. The minimum atomic E-state index is 0. The lowest BCUT2D eigenvalue weighted by Gasteiger charge is -1.95. The third-order valence-corrected chi connectivity index (χ3v) is 2.03. The van der Waals surface area contributed by atoms with Crippen LogP contribution in [0.25, 0.3) is 11.1 Å². The van der Waals surface area contributed by atoms with Gasteiger partial charge in [0.2, 0.25) is 0 Å². The molecule has 1 N–H and O–H groups in total. The highest BCUT2D eigenvalue weighted by Gasteiger charge is 1.99. The van der Waals surface area contributed by atoms with Crippen molar-refractivity contribution in [3.8, 4) is 11.1 Å². The van der Waals surface area contributed by atoms with Crippen molar-refractivity contribution < 1.29 is 26.5 Å². The fourth-order valence-electron chi connectivity index (χ4n) is 1.27. The van der Waals surface area contributed by atoms with Gasteiger partial charge in [-0.3, -0.25) is 0 Å². The van der Waals surface area contributed by atoms with Gasteiger partial charge in [0, 0.05) is 24.3 Å². The van der Waals surface area contributed by atoms with E-state index in [0.29, 0.717) is 0 Å². The average molecular weight is 252 g/mol. The quantitative estimate of drug-likeness (QED) is 0.522. The van der Waals surface area contributed by atoms with Crippen LogP contribution in [0, 0.1) is 0 Å². The van der Waals surface area contributed by atoms with E-state index in [9.17, 15) is 0 Å². The van der Waals surface area contributed by atoms with Crippen molar-refractivity contribution in [2.24, 2.45) is 7.05 Å². The second-order valence-electron chi connectivity index (χ2n) is 3.04. The zero-order valence-corrected chi connectivity index (χ0v) is 9.53. The second-order valence-corrected chi connectivity index (χ2v) is 3.04. The van der Waals surface area contributed by atoms with Crippen LogP contribution in [-0.4, -0.2) is 0 Å². The molecule has 2 aromatic heterocycles. The first-order valence-corrected chi connectivity index (χ1v) is 4.28. The summed E-state index contributed by atoms with van der Waals surface area (Å²) in [6.07, 6.45) is 7.96. The molecule has 2 heterocycles. The first-order valence-electron chi connectivity index (χ1n) is 4.28. The average Bonchev–Trinajstić information content (AvgIpc) is 2.20. The van der Waals surface area contributed by atoms with Crippen LogP contribution in [0.4, 0.5) is 0 Å². The van der Waals surface area contributed by atoms with Crippen molar-refractivity contribution in [1.29, 1.82) is 0 Å². The van der Waals surface area contributed by atoms with Crippen molar-refractivity contribution in [1.82, 2.24) is 0 Å². The Morgan fingerprint density at radius 3 is 2.00 bits per heavy atom. The zero-order valence-electron chi connectivity index (χ0n) is 7.94. The van der Waals surface area contributed by atoms with Crippen molar-refractivity contribution in [3.05, 3.63) is 49.1 Å². The lowest BCUT2D eigenvalue weighted by molar-refractivity contribution is -0.671. The normalized spacial score (nSPS) is 9.21. The third-order valence-electron chi connectivity index (χ3n) is 2.03. The molecule has 0 amide bonds. The van der Waals surface area contributed by atoms with E-state index >= 15 is 0 Å². The molecule has 3 heteroatoms. The number of aryl methyl sites for hydroxylation is 1. The van der Waals surface area contributed by atoms with E-state index in [1.165, 1.54) is 11.1 Å². The lowest BCUT2D eigenvalue weighted by Crippen LogP contribution is -3.00. The smallest absolute Gasteiger partial charge is 0.169 e. The van der Waals surface area contributed by atoms with E-state index in [1.54, 1.807) is 0 Å². The number of halogens is 1. The van der Waals surface area contributed by atoms with Crippen molar-refractivity contribution in [2.75, 3.05) is 0 Å². The van der Waals surface area contributed by atoms with E-state index < -0.39 is 0 Å². The van der Waals surface area contributed by atoms with Crippen molar-refractivity contribution in [2.45, 2.75) is 0 Å². The molecule has 2 aromatic rings. The second kappa shape index (κ2) is 4.86. The molecule has 0 unspecified atom stereocenters. The number of hydrogen-bond acceptors (Lipinski definition) is 0. The highest BCUT2D eigenvalue weighted by atomic mass is 79.9. The summed E-state index contributed by atoms with van der Waals surface area (Å²) in [6, 6.07) is 8.34. The van der Waals surface area contributed by atoms with Crippen LogP contribution in [0.2, 0.25) is 0 Å². The Kier molecular flexibility index (Phi) is 3.77. The number of nitrogens with one attached hydrogen (secondary N) is 1. The SMILES string of the molecule is C[n+]1ccc(-c2cc[nH+]cc2)cc1.[Br-]. The van der Waals surface area contributed by atoms with Crippen LogP contribution in [-0.2, 0) is 7.05 Å². The molecule has 0 fully saturated rings. The van der Waals surface area contributed by atoms with E-state index in [2.05, 4.69) is 29.2 Å². The summed E-state index contributed by atoms with van der Waals surface area (Å²) in [7, 11) is 2.02. The zero-order chi connectivity index (χ0) is 9.10. The van der Waals surface area contributed by atoms with Crippen LogP contribution in [0.3, 0.4) is 0 Å². The topological polar surface area (TPSA) is 18.0 Å². The summed E-state index contributed by atoms with van der Waals surface area (Å²) in [4.78, 5) is 3.01. The molecule has 14 heavy (non-hydrogen) atoms. The summed E-state index contributed by atoms with van der Waals surface area (Å²) in [5.41, 5.74) is 2.48. The van der Waals surface area contributed by atoms with E-state index in [0.717, 1.165) is 0 Å². The fourth-order valence-corrected chi connectivity index (χ4v) is 1.27. The highest BCUT2D eigenvalue weighted by molar-refractivity contribution is 5.60. The van der Waals surface area contributed by atoms with Gasteiger partial charge in [-0.15, -0.1) is 0 Å². The van der Waals surface area contributed by atoms with Gasteiger partial charge in [-0.2, -0.15) is 0 Å². The predicted molar refractivity (Wildman–Crippen MR) is 49.6 cm³/mol. The summed E-state index contributed by atoms with van der Waals surface area (Å²) in [5, 5.41) is 0. The largest absolute Gasteiger partial charge is 1.00 e. The van der Waals surface area contributed by atoms with Gasteiger partial charge in [-0.25, -0.2) is 9.55 Å². The Bertz CT molecular complexity index is 384. The molecule has 0 bridgehead atoms. The van der Waals surface area contributed by atoms with Gasteiger partial charge < -0.3 is 17.0 Å². The Morgan fingerprint density at radius 2 is 1.43 bits per heavy atom. The molecule has 2 nitrogen and oxygen atoms in total. The van der Waals surface area contributed by atoms with E-state index in [1.807, 2.05) is 36.4 Å².